The van der Waals surface area contributed by atoms with E-state index in [1.165, 1.54) is 12.1 Å². The Kier molecular flexibility index (Phi) is 3.56. The lowest BCUT2D eigenvalue weighted by atomic mass is 10.1. The minimum absolute atomic E-state index is 0.289. The van der Waals surface area contributed by atoms with Gasteiger partial charge in [-0.3, -0.25) is 5.84 Å². The molecule has 0 spiro atoms. The summed E-state index contributed by atoms with van der Waals surface area (Å²) < 4.78 is 19.9. The second-order valence-corrected chi connectivity index (χ2v) is 5.31. The molecule has 3 N–H and O–H groups in total. The molecule has 0 bridgehead atoms. The van der Waals surface area contributed by atoms with E-state index in [2.05, 4.69) is 21.4 Å². The van der Waals surface area contributed by atoms with Crippen LogP contribution in [-0.4, -0.2) is 0 Å². The second-order valence-electron chi connectivity index (χ2n) is 4.45. The Balaban J connectivity index is 2.10. The van der Waals surface area contributed by atoms with Crippen molar-refractivity contribution in [2.75, 3.05) is 0 Å². The van der Waals surface area contributed by atoms with Crippen LogP contribution in [0.15, 0.2) is 57.4 Å². The third-order valence-electron chi connectivity index (χ3n) is 3.16. The first-order valence-corrected chi connectivity index (χ1v) is 6.88. The zero-order valence-corrected chi connectivity index (χ0v) is 12.0. The summed E-state index contributed by atoms with van der Waals surface area (Å²) in [7, 11) is 0. The van der Waals surface area contributed by atoms with Crippen LogP contribution in [0, 0.1) is 5.82 Å². The molecule has 102 valence electrons. The molecule has 0 aliphatic carbocycles. The quantitative estimate of drug-likeness (QED) is 0.564. The molecule has 1 atom stereocenters. The molecular weight excluding hydrogens is 323 g/mol. The molecule has 0 aliphatic rings. The molecular formula is C15H12BrFN2O. The van der Waals surface area contributed by atoms with Gasteiger partial charge in [0.15, 0.2) is 0 Å². The third-order valence-corrected chi connectivity index (χ3v) is 3.89. The maximum Gasteiger partial charge on any atom is 0.134 e. The van der Waals surface area contributed by atoms with Gasteiger partial charge in [0.2, 0.25) is 0 Å². The molecule has 0 saturated carbocycles. The van der Waals surface area contributed by atoms with E-state index >= 15 is 0 Å². The van der Waals surface area contributed by atoms with Crippen molar-refractivity contribution in [2.24, 2.45) is 5.84 Å². The third kappa shape index (κ3) is 2.35. The number of hydrogen-bond donors (Lipinski definition) is 2. The van der Waals surface area contributed by atoms with Crippen molar-refractivity contribution in [3.05, 3.63) is 70.1 Å². The van der Waals surface area contributed by atoms with Gasteiger partial charge < -0.3 is 4.42 Å². The van der Waals surface area contributed by atoms with E-state index in [4.69, 9.17) is 10.3 Å². The number of rotatable bonds is 3. The predicted molar refractivity (Wildman–Crippen MR) is 79.5 cm³/mol. The number of nitrogens with one attached hydrogen (secondary N) is 1. The number of hydrogen-bond acceptors (Lipinski definition) is 3. The first-order chi connectivity index (χ1) is 9.69. The van der Waals surface area contributed by atoms with Crippen LogP contribution in [0.4, 0.5) is 4.39 Å². The van der Waals surface area contributed by atoms with Crippen LogP contribution >= 0.6 is 15.9 Å². The average molecular weight is 335 g/mol. The minimum Gasteiger partial charge on any atom is -0.459 e. The molecule has 1 aromatic heterocycles. The van der Waals surface area contributed by atoms with Crippen molar-refractivity contribution < 1.29 is 8.81 Å². The zero-order valence-electron chi connectivity index (χ0n) is 10.4. The molecule has 5 heteroatoms. The highest BCUT2D eigenvalue weighted by atomic mass is 79.9. The fourth-order valence-corrected chi connectivity index (χ4v) is 2.73. The first kappa shape index (κ1) is 13.3. The number of nitrogens with two attached hydrogens (primary N) is 1. The van der Waals surface area contributed by atoms with E-state index in [0.717, 1.165) is 10.0 Å². The highest BCUT2D eigenvalue weighted by Crippen LogP contribution is 2.31. The molecule has 0 radical (unpaired) electrons. The van der Waals surface area contributed by atoms with Crippen molar-refractivity contribution in [1.29, 1.82) is 0 Å². The smallest absolute Gasteiger partial charge is 0.134 e. The fourth-order valence-electron chi connectivity index (χ4n) is 2.21. The van der Waals surface area contributed by atoms with Crippen LogP contribution < -0.4 is 11.3 Å². The van der Waals surface area contributed by atoms with Gasteiger partial charge >= 0.3 is 0 Å². The highest BCUT2D eigenvalue weighted by Gasteiger charge is 2.19. The zero-order chi connectivity index (χ0) is 14.1. The topological polar surface area (TPSA) is 51.2 Å². The molecule has 3 nitrogen and oxygen atoms in total. The monoisotopic (exact) mass is 334 g/mol. The summed E-state index contributed by atoms with van der Waals surface area (Å²) in [6.07, 6.45) is 0. The second kappa shape index (κ2) is 5.36. The van der Waals surface area contributed by atoms with Gasteiger partial charge in [0, 0.05) is 9.86 Å². The summed E-state index contributed by atoms with van der Waals surface area (Å²) in [5.41, 5.74) is 4.32. The van der Waals surface area contributed by atoms with Gasteiger partial charge in [-0.2, -0.15) is 0 Å². The van der Waals surface area contributed by atoms with Crippen molar-refractivity contribution >= 4 is 26.9 Å². The van der Waals surface area contributed by atoms with E-state index < -0.39 is 0 Å². The van der Waals surface area contributed by atoms with Crippen LogP contribution in [0.3, 0.4) is 0 Å². The molecule has 3 rings (SSSR count). The van der Waals surface area contributed by atoms with Crippen LogP contribution in [0.2, 0.25) is 0 Å². The SMILES string of the molecule is NNC(c1cc2cc(F)ccc2o1)c1ccccc1Br. The summed E-state index contributed by atoms with van der Waals surface area (Å²) in [4.78, 5) is 0. The van der Waals surface area contributed by atoms with E-state index in [9.17, 15) is 4.39 Å². The van der Waals surface area contributed by atoms with Gasteiger partial charge in [-0.1, -0.05) is 34.1 Å². The maximum absolute atomic E-state index is 13.2. The molecule has 1 unspecified atom stereocenters. The number of hydrazine groups is 1. The Bertz CT molecular complexity index is 756. The lowest BCUT2D eigenvalue weighted by Gasteiger charge is -2.15. The summed E-state index contributed by atoms with van der Waals surface area (Å²) >= 11 is 3.49. The Morgan fingerprint density at radius 3 is 2.70 bits per heavy atom. The number of benzene rings is 2. The summed E-state index contributed by atoms with van der Waals surface area (Å²) in [6, 6.07) is 13.6. The van der Waals surface area contributed by atoms with Crippen molar-refractivity contribution in [1.82, 2.24) is 5.43 Å². The van der Waals surface area contributed by atoms with Gasteiger partial charge in [0.1, 0.15) is 23.2 Å². The van der Waals surface area contributed by atoms with Crippen LogP contribution in [0.25, 0.3) is 11.0 Å². The molecule has 20 heavy (non-hydrogen) atoms. The van der Waals surface area contributed by atoms with Crippen molar-refractivity contribution in [3.8, 4) is 0 Å². The van der Waals surface area contributed by atoms with E-state index in [1.807, 2.05) is 24.3 Å². The molecule has 0 saturated heterocycles. The largest absolute Gasteiger partial charge is 0.459 e. The molecule has 0 aliphatic heterocycles. The fraction of sp³-hybridized carbons (Fsp3) is 0.0667. The Labute approximate surface area is 123 Å². The first-order valence-electron chi connectivity index (χ1n) is 6.08. The molecule has 2 aromatic carbocycles. The number of fused-ring (bicyclic) bond motifs is 1. The van der Waals surface area contributed by atoms with Gasteiger partial charge in [0.25, 0.3) is 0 Å². The molecule has 1 heterocycles. The van der Waals surface area contributed by atoms with Gasteiger partial charge in [-0.05, 0) is 35.9 Å². The number of furan rings is 1. The minimum atomic E-state index is -0.305. The van der Waals surface area contributed by atoms with Crippen molar-refractivity contribution in [3.63, 3.8) is 0 Å². The average Bonchev–Trinajstić information content (AvgIpc) is 2.84. The standard InChI is InChI=1S/C15H12BrFN2O/c16-12-4-2-1-3-11(12)15(19-18)14-8-9-7-10(17)5-6-13(9)20-14/h1-8,15,19H,18H2. The Morgan fingerprint density at radius 2 is 1.95 bits per heavy atom. The van der Waals surface area contributed by atoms with Crippen LogP contribution in [0.1, 0.15) is 17.4 Å². The normalized spacial score (nSPS) is 12.8. The lowest BCUT2D eigenvalue weighted by molar-refractivity contribution is 0.476. The lowest BCUT2D eigenvalue weighted by Crippen LogP contribution is -2.28. The summed E-state index contributed by atoms with van der Waals surface area (Å²) in [5.74, 6) is 6.00. The van der Waals surface area contributed by atoms with E-state index in [0.29, 0.717) is 16.7 Å². The van der Waals surface area contributed by atoms with Gasteiger partial charge in [0.05, 0.1) is 0 Å². The Hall–Kier alpha value is -1.69. The summed E-state index contributed by atoms with van der Waals surface area (Å²) in [6.45, 7) is 0. The number of halogens is 2. The maximum atomic E-state index is 13.2. The van der Waals surface area contributed by atoms with E-state index in [1.54, 1.807) is 12.1 Å². The highest BCUT2D eigenvalue weighted by molar-refractivity contribution is 9.10. The predicted octanol–water partition coefficient (Wildman–Crippen LogP) is 3.89. The summed E-state index contributed by atoms with van der Waals surface area (Å²) in [5, 5.41) is 0.715. The van der Waals surface area contributed by atoms with Crippen LogP contribution in [0.5, 0.6) is 0 Å². The van der Waals surface area contributed by atoms with Crippen LogP contribution in [-0.2, 0) is 0 Å². The van der Waals surface area contributed by atoms with E-state index in [-0.39, 0.29) is 11.9 Å². The van der Waals surface area contributed by atoms with Gasteiger partial charge in [-0.25, -0.2) is 9.82 Å². The molecule has 3 aromatic rings. The Morgan fingerprint density at radius 1 is 1.15 bits per heavy atom. The van der Waals surface area contributed by atoms with Crippen molar-refractivity contribution in [2.45, 2.75) is 6.04 Å². The molecule has 0 amide bonds. The van der Waals surface area contributed by atoms with Gasteiger partial charge in [-0.15, -0.1) is 0 Å². The molecule has 0 fully saturated rings.